The lowest BCUT2D eigenvalue weighted by molar-refractivity contribution is -0.136. The molecule has 0 atom stereocenters. The molecule has 0 unspecified atom stereocenters. The van der Waals surface area contributed by atoms with Crippen molar-refractivity contribution in [3.05, 3.63) is 108 Å². The van der Waals surface area contributed by atoms with Crippen LogP contribution in [0.15, 0.2) is 107 Å². The smallest absolute Gasteiger partial charge is 0.368 e. The number of hydrogen-bond acceptors (Lipinski definition) is 6. The van der Waals surface area contributed by atoms with Gasteiger partial charge in [-0.15, -0.1) is 0 Å². The van der Waals surface area contributed by atoms with Crippen molar-refractivity contribution in [2.45, 2.75) is 4.90 Å². The Kier molecular flexibility index (Phi) is 6.60. The molecule has 1 N–H and O–H groups in total. The molecule has 4 rings (SSSR count). The molecule has 0 amide bonds. The van der Waals surface area contributed by atoms with Crippen molar-refractivity contribution >= 4 is 39.2 Å². The average Bonchev–Trinajstić information content (AvgIpc) is 3.20. The first-order valence-corrected chi connectivity index (χ1v) is 12.0. The number of anilines is 2. The van der Waals surface area contributed by atoms with E-state index in [-0.39, 0.29) is 4.90 Å². The zero-order valence-corrected chi connectivity index (χ0v) is 19.5. The first kappa shape index (κ1) is 23.0. The van der Waals surface area contributed by atoms with Gasteiger partial charge in [-0.05, 0) is 48.0 Å². The maximum absolute atomic E-state index is 12.5. The fraction of sp³-hybridized carbons (Fsp3) is 0.0769. The topological polar surface area (TPSA) is 88.1 Å². The lowest BCUT2D eigenvalue weighted by Gasteiger charge is -2.11. The summed E-state index contributed by atoms with van der Waals surface area (Å²) < 4.78 is 27.6. The monoisotopic (exact) mass is 473 g/mol. The summed E-state index contributed by atoms with van der Waals surface area (Å²) in [7, 11) is 0.265. The number of oxime groups is 1. The predicted octanol–water partition coefficient (Wildman–Crippen LogP) is 4.45. The number of nitrogens with zero attached hydrogens (tertiary/aromatic N) is 2. The van der Waals surface area contributed by atoms with Crippen LogP contribution in [0.25, 0.3) is 6.08 Å². The fourth-order valence-corrected chi connectivity index (χ4v) is 4.37. The number of carbonyl (C=O) groups is 1. The fourth-order valence-electron chi connectivity index (χ4n) is 3.29. The average molecular weight is 474 g/mol. The highest BCUT2D eigenvalue weighted by Crippen LogP contribution is 2.22. The summed E-state index contributed by atoms with van der Waals surface area (Å²) in [5, 5.41) is 3.90. The number of nitrogens with one attached hydrogen (secondary N) is 1. The summed E-state index contributed by atoms with van der Waals surface area (Å²) >= 11 is 0. The van der Waals surface area contributed by atoms with Crippen LogP contribution in [-0.2, 0) is 19.7 Å². The second-order valence-electron chi connectivity index (χ2n) is 7.74. The van der Waals surface area contributed by atoms with Gasteiger partial charge < -0.3 is 9.74 Å². The van der Waals surface area contributed by atoms with Crippen molar-refractivity contribution < 1.29 is 18.0 Å². The molecule has 8 heteroatoms. The predicted molar refractivity (Wildman–Crippen MR) is 134 cm³/mol. The first-order chi connectivity index (χ1) is 16.3. The van der Waals surface area contributed by atoms with Crippen molar-refractivity contribution in [3.63, 3.8) is 0 Å². The number of benzene rings is 3. The SMILES string of the molecule is CN(C)c1ccc(/C=C/C=C2C(=O)ON=C2c2ccc(NS(=O)(=O)c3ccccc3)cc2)cc1. The minimum absolute atomic E-state index is 0.173. The Morgan fingerprint density at radius 1 is 0.912 bits per heavy atom. The molecule has 3 aromatic rings. The van der Waals surface area contributed by atoms with Crippen LogP contribution in [0.2, 0.25) is 0 Å². The van der Waals surface area contributed by atoms with E-state index in [1.165, 1.54) is 12.1 Å². The van der Waals surface area contributed by atoms with E-state index in [9.17, 15) is 13.2 Å². The summed E-state index contributed by atoms with van der Waals surface area (Å²) in [4.78, 5) is 19.3. The molecule has 0 saturated carbocycles. The Balaban J connectivity index is 1.49. The molecule has 3 aromatic carbocycles. The van der Waals surface area contributed by atoms with Crippen LogP contribution >= 0.6 is 0 Å². The van der Waals surface area contributed by atoms with Crippen molar-refractivity contribution in [2.24, 2.45) is 5.16 Å². The number of hydrogen-bond donors (Lipinski definition) is 1. The molecule has 1 aliphatic rings. The van der Waals surface area contributed by atoms with Gasteiger partial charge >= 0.3 is 5.97 Å². The lowest BCUT2D eigenvalue weighted by atomic mass is 10.0. The molecule has 0 spiro atoms. The van der Waals surface area contributed by atoms with E-state index in [0.717, 1.165) is 11.3 Å². The van der Waals surface area contributed by atoms with Gasteiger partial charge in [-0.25, -0.2) is 13.2 Å². The molecule has 7 nitrogen and oxygen atoms in total. The summed E-state index contributed by atoms with van der Waals surface area (Å²) in [5.74, 6) is -0.545. The highest BCUT2D eigenvalue weighted by atomic mass is 32.2. The van der Waals surface area contributed by atoms with Gasteiger partial charge in [0.15, 0.2) is 0 Å². The van der Waals surface area contributed by atoms with Crippen LogP contribution in [-0.4, -0.2) is 34.2 Å². The van der Waals surface area contributed by atoms with E-state index in [2.05, 4.69) is 9.88 Å². The van der Waals surface area contributed by atoms with Gasteiger partial charge in [-0.1, -0.05) is 59.8 Å². The molecule has 1 aliphatic heterocycles. The number of allylic oxidation sites excluding steroid dienone is 2. The normalized spacial score (nSPS) is 14.8. The molecule has 0 bridgehead atoms. The molecule has 1 heterocycles. The lowest BCUT2D eigenvalue weighted by Crippen LogP contribution is -2.13. The van der Waals surface area contributed by atoms with Gasteiger partial charge in [0, 0.05) is 31.0 Å². The maximum atomic E-state index is 12.5. The van der Waals surface area contributed by atoms with Crippen LogP contribution in [0, 0.1) is 0 Å². The zero-order chi connectivity index (χ0) is 24.1. The molecule has 0 radical (unpaired) electrons. The third-order valence-electron chi connectivity index (χ3n) is 5.12. The van der Waals surface area contributed by atoms with E-state index in [1.54, 1.807) is 54.6 Å². The molecule has 0 saturated heterocycles. The molecule has 172 valence electrons. The van der Waals surface area contributed by atoms with E-state index >= 15 is 0 Å². The van der Waals surface area contributed by atoms with E-state index < -0.39 is 16.0 Å². The summed E-state index contributed by atoms with van der Waals surface area (Å²) in [6.45, 7) is 0. The Labute approximate surface area is 198 Å². The van der Waals surface area contributed by atoms with Gasteiger partial charge in [0.05, 0.1) is 10.5 Å². The Morgan fingerprint density at radius 3 is 2.24 bits per heavy atom. The molecular weight excluding hydrogens is 450 g/mol. The highest BCUT2D eigenvalue weighted by molar-refractivity contribution is 7.92. The Morgan fingerprint density at radius 2 is 1.59 bits per heavy atom. The third kappa shape index (κ3) is 5.24. The third-order valence-corrected chi connectivity index (χ3v) is 6.52. The second-order valence-corrected chi connectivity index (χ2v) is 9.42. The zero-order valence-electron chi connectivity index (χ0n) is 18.7. The second kappa shape index (κ2) is 9.76. The summed E-state index contributed by atoms with van der Waals surface area (Å²) in [5.41, 5.74) is 3.81. The standard InChI is InChI=1S/C26H23N3O4S/c1-29(2)22-17-11-19(12-18-22)7-6-10-24-25(27-33-26(24)30)20-13-15-21(16-14-20)28-34(31,32)23-8-4-3-5-9-23/h3-18,28H,1-2H3/b7-6+,24-10?. The van der Waals surface area contributed by atoms with Crippen LogP contribution in [0.5, 0.6) is 0 Å². The van der Waals surface area contributed by atoms with E-state index in [4.69, 9.17) is 4.84 Å². The summed E-state index contributed by atoms with van der Waals surface area (Å²) in [6.07, 6.45) is 5.31. The largest absolute Gasteiger partial charge is 0.378 e. The van der Waals surface area contributed by atoms with Gasteiger partial charge in [0.1, 0.15) is 5.71 Å². The molecule has 34 heavy (non-hydrogen) atoms. The van der Waals surface area contributed by atoms with Crippen molar-refractivity contribution in [3.8, 4) is 0 Å². The first-order valence-electron chi connectivity index (χ1n) is 10.5. The van der Waals surface area contributed by atoms with Crippen LogP contribution in [0.3, 0.4) is 0 Å². The van der Waals surface area contributed by atoms with Gasteiger partial charge in [-0.3, -0.25) is 4.72 Å². The van der Waals surface area contributed by atoms with Crippen molar-refractivity contribution in [2.75, 3.05) is 23.7 Å². The summed E-state index contributed by atoms with van der Waals surface area (Å²) in [6, 6.07) is 22.7. The van der Waals surface area contributed by atoms with Crippen LogP contribution < -0.4 is 9.62 Å². The van der Waals surface area contributed by atoms with Crippen molar-refractivity contribution in [1.82, 2.24) is 0 Å². The Hall–Kier alpha value is -4.17. The highest BCUT2D eigenvalue weighted by Gasteiger charge is 2.26. The molecule has 0 aromatic heterocycles. The van der Waals surface area contributed by atoms with Crippen molar-refractivity contribution in [1.29, 1.82) is 0 Å². The van der Waals surface area contributed by atoms with Gasteiger partial charge in [0.2, 0.25) is 0 Å². The van der Waals surface area contributed by atoms with Gasteiger partial charge in [0.25, 0.3) is 10.0 Å². The number of rotatable bonds is 7. The van der Waals surface area contributed by atoms with Crippen LogP contribution in [0.1, 0.15) is 11.1 Å². The molecule has 0 fully saturated rings. The quantitative estimate of drug-likeness (QED) is 0.405. The van der Waals surface area contributed by atoms with E-state index in [1.807, 2.05) is 49.3 Å². The molecular formula is C26H23N3O4S. The Bertz CT molecular complexity index is 1370. The molecule has 0 aliphatic carbocycles. The number of carbonyl (C=O) groups excluding carboxylic acids is 1. The maximum Gasteiger partial charge on any atom is 0.368 e. The van der Waals surface area contributed by atoms with Crippen LogP contribution in [0.4, 0.5) is 11.4 Å². The minimum Gasteiger partial charge on any atom is -0.378 e. The minimum atomic E-state index is -3.69. The van der Waals surface area contributed by atoms with E-state index in [0.29, 0.717) is 22.5 Å². The van der Waals surface area contributed by atoms with Gasteiger partial charge in [-0.2, -0.15) is 0 Å². The number of sulfonamides is 1.